The molecule has 23 aromatic carbocycles. The van der Waals surface area contributed by atoms with Gasteiger partial charge in [0.05, 0.1) is 0 Å². The molecule has 0 spiro atoms. The number of hydrogen-bond acceptors (Lipinski definition) is 0. The van der Waals surface area contributed by atoms with Gasteiger partial charge in [-0.2, -0.15) is 0 Å². The summed E-state index contributed by atoms with van der Waals surface area (Å²) in [6.45, 7) is 15.6. The van der Waals surface area contributed by atoms with Gasteiger partial charge in [-0.3, -0.25) is 0 Å². The molecule has 0 heterocycles. The Hall–Kier alpha value is -14.8. The van der Waals surface area contributed by atoms with Gasteiger partial charge in [0.2, 0.25) is 0 Å². The molecule has 3 aliphatic rings. The molecule has 0 radical (unpaired) electrons. The molecular weight excluding hydrogens is 1490 g/mol. The summed E-state index contributed by atoms with van der Waals surface area (Å²) < 4.78 is 0. The second-order valence-electron chi connectivity index (χ2n) is 35.1. The van der Waals surface area contributed by atoms with E-state index in [4.69, 9.17) is 0 Å². The Labute approximate surface area is 725 Å². The average Bonchev–Trinajstić information content (AvgIpc) is 1.51. The van der Waals surface area contributed by atoms with Crippen LogP contribution in [0.3, 0.4) is 0 Å². The van der Waals surface area contributed by atoms with Crippen molar-refractivity contribution >= 4 is 129 Å². The molecule has 26 rings (SSSR count). The first kappa shape index (κ1) is 75.4. The van der Waals surface area contributed by atoms with Crippen LogP contribution in [0.1, 0.15) is 75.0 Å². The van der Waals surface area contributed by atoms with Crippen molar-refractivity contribution in [2.24, 2.45) is 0 Å². The van der Waals surface area contributed by atoms with Crippen LogP contribution in [0.2, 0.25) is 0 Å². The summed E-state index contributed by atoms with van der Waals surface area (Å²) in [5.74, 6) is 0. The van der Waals surface area contributed by atoms with E-state index in [-0.39, 0.29) is 5.41 Å². The zero-order valence-electron chi connectivity index (χ0n) is 71.1. The standard InChI is InChI=1S/C32H22.C29H24.C25H18.2C19H14/c1-20-13-14-22-19-31-23(11-6-12-28(31)30(22)17-20)21-15-16-29-26-9-3-2-7-24(26)25-8-4-5-10-27(25)32(29)18-21;1-18-11-12-19-16-26-21(8-6-9-22(26)25(19)15-18)20-13-14-24-23-7-4-5-10-27(23)29(2,3)28(24)17-20;1-17-11-13-22-20-9-5-6-10-21(20)25-16-19(18-7-3-2-4-8-18)12-14-23(25)24(22)15-17;1-13-7-6-12-18-16-9-3-2-8-14(16)15-10-4-5-11-17(15)19(13)18;1-13-10-11-18-16-8-3-2-6-14(16)15-7-4-5-9-17(15)19(18)12-13/h2-18H,19H2,1H3;4-15,17H,16H2,1-3H3;2-16H,1H3;2*2-12H,1H3. The van der Waals surface area contributed by atoms with Crippen molar-refractivity contribution in [1.82, 2.24) is 0 Å². The van der Waals surface area contributed by atoms with E-state index in [1.165, 1.54) is 257 Å². The summed E-state index contributed by atoms with van der Waals surface area (Å²) in [6.07, 6.45) is 2.04. The van der Waals surface area contributed by atoms with Crippen LogP contribution in [0.5, 0.6) is 0 Å². The van der Waals surface area contributed by atoms with E-state index in [1.807, 2.05) is 0 Å². The summed E-state index contributed by atoms with van der Waals surface area (Å²) in [7, 11) is 0. The molecule has 0 heteroatoms. The van der Waals surface area contributed by atoms with Crippen LogP contribution in [-0.2, 0) is 18.3 Å². The summed E-state index contributed by atoms with van der Waals surface area (Å²) in [4.78, 5) is 0. The maximum absolute atomic E-state index is 2.44. The SMILES string of the molecule is Cc1ccc2c(c1)-c1cccc(-c3ccc4c(c3)C(C)(C)c3ccccc3-4)c1C2.Cc1ccc2c(c1)-c1cccc(-c3ccc4c5ccccc5c5ccccc5c4c3)c1C2.Cc1ccc2c3ccccc3c3cc(-c4ccccc4)ccc3c2c1.Cc1ccc2c3ccccc3c3ccccc3c2c1.Cc1cccc2c3ccccc3c3ccccc3c12. The summed E-state index contributed by atoms with van der Waals surface area (Å²) in [5.41, 5.74) is 31.7. The molecule has 3 aliphatic carbocycles. The number of aryl methyl sites for hydroxylation is 5. The van der Waals surface area contributed by atoms with Gasteiger partial charge in [-0.1, -0.05) is 424 Å². The largest absolute Gasteiger partial charge is 0.0622 e. The van der Waals surface area contributed by atoms with Gasteiger partial charge < -0.3 is 0 Å². The van der Waals surface area contributed by atoms with Crippen molar-refractivity contribution in [3.05, 3.63) is 468 Å². The van der Waals surface area contributed by atoms with Crippen molar-refractivity contribution in [3.63, 3.8) is 0 Å². The molecule has 0 aliphatic heterocycles. The lowest BCUT2D eigenvalue weighted by molar-refractivity contribution is 0.660. The Balaban J connectivity index is 0.0000000935. The number of fused-ring (bicyclic) bond motifs is 33. The lowest BCUT2D eigenvalue weighted by atomic mass is 9.81. The third-order valence-corrected chi connectivity index (χ3v) is 27.1. The molecule has 124 heavy (non-hydrogen) atoms. The Bertz CT molecular complexity index is 8140. The second-order valence-corrected chi connectivity index (χ2v) is 35.1. The molecule has 0 saturated heterocycles. The summed E-state index contributed by atoms with van der Waals surface area (Å²) in [6, 6.07) is 149. The lowest BCUT2D eigenvalue weighted by Gasteiger charge is -2.22. The zero-order valence-corrected chi connectivity index (χ0v) is 71.1. The fourth-order valence-corrected chi connectivity index (χ4v) is 21.2. The van der Waals surface area contributed by atoms with Crippen LogP contribution in [0, 0.1) is 34.6 Å². The molecule has 588 valence electrons. The monoisotopic (exact) mass is 1580 g/mol. The van der Waals surface area contributed by atoms with Gasteiger partial charge in [-0.15, -0.1) is 0 Å². The fourth-order valence-electron chi connectivity index (χ4n) is 21.2. The van der Waals surface area contributed by atoms with Crippen molar-refractivity contribution in [2.75, 3.05) is 0 Å². The molecule has 0 nitrogen and oxygen atoms in total. The van der Waals surface area contributed by atoms with Crippen LogP contribution < -0.4 is 0 Å². The Morgan fingerprint density at radius 1 is 0.169 bits per heavy atom. The van der Waals surface area contributed by atoms with Crippen LogP contribution in [0.15, 0.2) is 406 Å². The van der Waals surface area contributed by atoms with Crippen molar-refractivity contribution < 1.29 is 0 Å². The molecule has 0 atom stereocenters. The van der Waals surface area contributed by atoms with Crippen LogP contribution in [0.25, 0.3) is 196 Å². The van der Waals surface area contributed by atoms with E-state index in [2.05, 4.69) is 455 Å². The Morgan fingerprint density at radius 3 is 0.919 bits per heavy atom. The van der Waals surface area contributed by atoms with Gasteiger partial charge in [-0.05, 0) is 301 Å². The van der Waals surface area contributed by atoms with Gasteiger partial charge in [-0.25, -0.2) is 0 Å². The zero-order chi connectivity index (χ0) is 83.4. The van der Waals surface area contributed by atoms with E-state index in [0.29, 0.717) is 0 Å². The normalized spacial score (nSPS) is 12.5. The van der Waals surface area contributed by atoms with E-state index < -0.39 is 0 Å². The van der Waals surface area contributed by atoms with Crippen LogP contribution in [0.4, 0.5) is 0 Å². The van der Waals surface area contributed by atoms with Gasteiger partial charge in [0.1, 0.15) is 0 Å². The third-order valence-electron chi connectivity index (χ3n) is 27.1. The smallest absolute Gasteiger partial charge is 0.0159 e. The quantitative estimate of drug-likeness (QED) is 0.155. The van der Waals surface area contributed by atoms with E-state index in [1.54, 1.807) is 0 Å². The van der Waals surface area contributed by atoms with Crippen molar-refractivity contribution in [2.45, 2.75) is 66.7 Å². The van der Waals surface area contributed by atoms with Crippen LogP contribution in [-0.4, -0.2) is 0 Å². The first-order valence-electron chi connectivity index (χ1n) is 43.8. The Kier molecular flexibility index (Phi) is 18.7. The number of hydrogen-bond donors (Lipinski definition) is 0. The maximum atomic E-state index is 2.44. The highest BCUT2D eigenvalue weighted by molar-refractivity contribution is 6.29. The summed E-state index contributed by atoms with van der Waals surface area (Å²) in [5, 5.41) is 32.2. The molecule has 0 saturated carbocycles. The highest BCUT2D eigenvalue weighted by atomic mass is 14.4. The lowest BCUT2D eigenvalue weighted by Crippen LogP contribution is -2.14. The van der Waals surface area contributed by atoms with Gasteiger partial charge in [0.15, 0.2) is 0 Å². The third kappa shape index (κ3) is 12.9. The number of rotatable bonds is 3. The van der Waals surface area contributed by atoms with Gasteiger partial charge >= 0.3 is 0 Å². The fraction of sp³-hybridized carbons (Fsp3) is 0.0806. The topological polar surface area (TPSA) is 0 Å². The summed E-state index contributed by atoms with van der Waals surface area (Å²) >= 11 is 0. The molecule has 23 aromatic rings. The highest BCUT2D eigenvalue weighted by Gasteiger charge is 2.36. The molecule has 0 fully saturated rings. The van der Waals surface area contributed by atoms with E-state index in [9.17, 15) is 0 Å². The molecular formula is C124H92. The van der Waals surface area contributed by atoms with Gasteiger partial charge in [0, 0.05) is 5.41 Å². The minimum Gasteiger partial charge on any atom is -0.0622 e. The van der Waals surface area contributed by atoms with Gasteiger partial charge in [0.25, 0.3) is 0 Å². The highest BCUT2D eigenvalue weighted by Crippen LogP contribution is 2.52. The minimum atomic E-state index is 0.0416. The predicted molar refractivity (Wildman–Crippen MR) is 536 cm³/mol. The van der Waals surface area contributed by atoms with Crippen LogP contribution >= 0.6 is 0 Å². The Morgan fingerprint density at radius 2 is 0.460 bits per heavy atom. The first-order chi connectivity index (χ1) is 60.8. The first-order valence-corrected chi connectivity index (χ1v) is 43.8. The minimum absolute atomic E-state index is 0.0416. The predicted octanol–water partition coefficient (Wildman–Crippen LogP) is 34.3. The molecule has 0 unspecified atom stereocenters. The number of benzene rings is 23. The van der Waals surface area contributed by atoms with E-state index >= 15 is 0 Å². The molecule has 0 N–H and O–H groups in total. The van der Waals surface area contributed by atoms with E-state index in [0.717, 1.165) is 12.8 Å². The molecule has 0 bridgehead atoms. The second kappa shape index (κ2) is 30.7. The molecule has 0 aromatic heterocycles. The maximum Gasteiger partial charge on any atom is 0.0159 e. The van der Waals surface area contributed by atoms with Crippen molar-refractivity contribution in [3.8, 4) is 66.8 Å². The average molecular weight is 1580 g/mol. The molecule has 0 amide bonds. The van der Waals surface area contributed by atoms with Crippen molar-refractivity contribution in [1.29, 1.82) is 0 Å².